The van der Waals surface area contributed by atoms with Crippen molar-refractivity contribution in [1.29, 1.82) is 0 Å². The highest BCUT2D eigenvalue weighted by Crippen LogP contribution is 2.40. The summed E-state index contributed by atoms with van der Waals surface area (Å²) >= 11 is 0. The van der Waals surface area contributed by atoms with Gasteiger partial charge in [-0.3, -0.25) is 9.59 Å². The minimum Gasteiger partial charge on any atom is -0.416 e. The molecule has 158 valence electrons. The van der Waals surface area contributed by atoms with Gasteiger partial charge in [-0.2, -0.15) is 0 Å². The molecule has 0 radical (unpaired) electrons. The maximum atomic E-state index is 12.9. The summed E-state index contributed by atoms with van der Waals surface area (Å²) in [6, 6.07) is -0.250. The number of β-lactam (4-membered cyclic amide) rings is 1. The minimum atomic E-state index is -1.92. The van der Waals surface area contributed by atoms with Crippen LogP contribution < -0.4 is 5.32 Å². The van der Waals surface area contributed by atoms with Gasteiger partial charge in [0.15, 0.2) is 22.4 Å². The van der Waals surface area contributed by atoms with Crippen LogP contribution in [0.25, 0.3) is 0 Å². The predicted molar refractivity (Wildman–Crippen MR) is 116 cm³/mol. The van der Waals surface area contributed by atoms with Crippen molar-refractivity contribution in [3.8, 4) is 0 Å². The third-order valence-corrected chi connectivity index (χ3v) is 16.1. The highest BCUT2D eigenvalue weighted by molar-refractivity contribution is 6.74. The first-order chi connectivity index (χ1) is 11.9. The number of hydrogen-bond acceptors (Lipinski definition) is 4. The highest BCUT2D eigenvalue weighted by atomic mass is 28.4. The normalized spacial score (nSPS) is 24.4. The monoisotopic (exact) mass is 415 g/mol. The first-order valence-corrected chi connectivity index (χ1v) is 15.8. The van der Waals surface area contributed by atoms with Crippen molar-refractivity contribution < 1.29 is 18.4 Å². The lowest BCUT2D eigenvalue weighted by Crippen LogP contribution is -2.71. The Hall–Kier alpha value is -0.506. The Morgan fingerprint density at radius 2 is 1.44 bits per heavy atom. The summed E-state index contributed by atoms with van der Waals surface area (Å²) in [6.07, 6.45) is 0.271. The van der Waals surface area contributed by atoms with E-state index in [1.54, 1.807) is 6.92 Å². The summed E-state index contributed by atoms with van der Waals surface area (Å²) in [4.78, 5) is 25.1. The second-order valence-corrected chi connectivity index (χ2v) is 20.7. The molecule has 2 atom stereocenters. The van der Waals surface area contributed by atoms with Crippen molar-refractivity contribution in [3.63, 3.8) is 0 Å². The van der Waals surface area contributed by atoms with Crippen LogP contribution in [0.2, 0.25) is 36.3 Å². The third-order valence-electron chi connectivity index (χ3n) is 7.07. The number of carbonyl (C=O) groups excluding carboxylic acids is 2. The maximum absolute atomic E-state index is 12.9. The first-order valence-electron chi connectivity index (χ1n) is 9.98. The van der Waals surface area contributed by atoms with Gasteiger partial charge in [-0.25, -0.2) is 0 Å². The van der Waals surface area contributed by atoms with E-state index in [0.29, 0.717) is 13.2 Å². The van der Waals surface area contributed by atoms with Crippen LogP contribution >= 0.6 is 0 Å². The highest BCUT2D eigenvalue weighted by Gasteiger charge is 2.56. The van der Waals surface area contributed by atoms with Crippen LogP contribution in [0.5, 0.6) is 0 Å². The van der Waals surface area contributed by atoms with Crippen molar-refractivity contribution >= 4 is 28.3 Å². The standard InChI is InChI=1S/C20H41NO4Si2/c1-18(2,3)26(8,9)24-13-12-16(22)20(7)15(21-17(20)23)14-25-27(10,11)19(4,5)6/h15H,12-14H2,1-11H3,(H,21,23)/t15-,20-/m1/s1. The Kier molecular flexibility index (Phi) is 7.02. The second kappa shape index (κ2) is 7.73. The summed E-state index contributed by atoms with van der Waals surface area (Å²) < 4.78 is 12.4. The smallest absolute Gasteiger partial charge is 0.235 e. The second-order valence-electron chi connectivity index (χ2n) is 11.1. The van der Waals surface area contributed by atoms with Gasteiger partial charge < -0.3 is 14.2 Å². The lowest BCUT2D eigenvalue weighted by atomic mass is 9.70. The van der Waals surface area contributed by atoms with Gasteiger partial charge in [0.25, 0.3) is 0 Å². The van der Waals surface area contributed by atoms with Crippen LogP contribution in [0, 0.1) is 5.41 Å². The molecule has 0 bridgehead atoms. The van der Waals surface area contributed by atoms with E-state index in [-0.39, 0.29) is 34.2 Å². The molecule has 1 aliphatic heterocycles. The average molecular weight is 416 g/mol. The quantitative estimate of drug-likeness (QED) is 0.360. The van der Waals surface area contributed by atoms with Gasteiger partial charge in [0, 0.05) is 13.0 Å². The third kappa shape index (κ3) is 5.11. The van der Waals surface area contributed by atoms with E-state index in [0.717, 1.165) is 0 Å². The van der Waals surface area contributed by atoms with Gasteiger partial charge in [-0.05, 0) is 43.2 Å². The average Bonchev–Trinajstić information content (AvgIpc) is 2.47. The summed E-state index contributed by atoms with van der Waals surface area (Å²) in [5.74, 6) is -0.238. The molecule has 0 aromatic heterocycles. The fraction of sp³-hybridized carbons (Fsp3) is 0.900. The Balaban J connectivity index is 2.68. The van der Waals surface area contributed by atoms with E-state index in [9.17, 15) is 9.59 Å². The Morgan fingerprint density at radius 1 is 1.00 bits per heavy atom. The van der Waals surface area contributed by atoms with Crippen LogP contribution in [0.4, 0.5) is 0 Å². The fourth-order valence-corrected chi connectivity index (χ4v) is 4.51. The number of carbonyl (C=O) groups is 2. The Labute approximate surface area is 168 Å². The van der Waals surface area contributed by atoms with Crippen molar-refractivity contribution in [2.24, 2.45) is 5.41 Å². The summed E-state index contributed by atoms with van der Waals surface area (Å²) in [5.41, 5.74) is -1.00. The molecule has 0 aromatic rings. The molecule has 1 aliphatic rings. The summed E-state index contributed by atoms with van der Waals surface area (Å²) in [5, 5.41) is 3.07. The van der Waals surface area contributed by atoms with Crippen molar-refractivity contribution in [2.75, 3.05) is 13.2 Å². The predicted octanol–water partition coefficient (Wildman–Crippen LogP) is 4.49. The molecule has 0 aliphatic carbocycles. The zero-order chi connectivity index (χ0) is 21.5. The number of rotatable bonds is 8. The molecular weight excluding hydrogens is 374 g/mol. The molecule has 1 fully saturated rings. The van der Waals surface area contributed by atoms with Gasteiger partial charge in [0.05, 0.1) is 12.6 Å². The van der Waals surface area contributed by atoms with E-state index >= 15 is 0 Å². The van der Waals surface area contributed by atoms with Crippen LogP contribution in [0.1, 0.15) is 54.9 Å². The lowest BCUT2D eigenvalue weighted by molar-refractivity contribution is -0.155. The molecule has 7 heteroatoms. The molecule has 0 saturated carbocycles. The number of Topliss-reactive ketones (excluding diaryl/α,β-unsaturated/α-hetero) is 1. The van der Waals surface area contributed by atoms with E-state index in [1.165, 1.54) is 0 Å². The molecule has 1 N–H and O–H groups in total. The zero-order valence-corrected chi connectivity index (χ0v) is 21.3. The van der Waals surface area contributed by atoms with Crippen molar-refractivity contribution in [1.82, 2.24) is 5.32 Å². The number of hydrogen-bond donors (Lipinski definition) is 1. The van der Waals surface area contributed by atoms with Crippen LogP contribution in [0.15, 0.2) is 0 Å². The van der Waals surface area contributed by atoms with Gasteiger partial charge >= 0.3 is 0 Å². The minimum absolute atomic E-state index is 0.0474. The molecule has 1 heterocycles. The van der Waals surface area contributed by atoms with Crippen molar-refractivity contribution in [3.05, 3.63) is 0 Å². The first kappa shape index (κ1) is 24.5. The van der Waals surface area contributed by atoms with Crippen LogP contribution in [-0.4, -0.2) is 47.6 Å². The van der Waals surface area contributed by atoms with Gasteiger partial charge in [0.1, 0.15) is 5.41 Å². The maximum Gasteiger partial charge on any atom is 0.235 e. The number of ketones is 1. The summed E-state index contributed by atoms with van der Waals surface area (Å²) in [7, 11) is -3.81. The Morgan fingerprint density at radius 3 is 1.85 bits per heavy atom. The lowest BCUT2D eigenvalue weighted by Gasteiger charge is -2.47. The molecule has 0 unspecified atom stereocenters. The SMILES string of the molecule is CC(C)(C)[Si](C)(C)OCCC(=O)[C@]1(C)C(=O)N[C@@H]1CO[Si](C)(C)C(C)(C)C. The molecule has 1 saturated heterocycles. The van der Waals surface area contributed by atoms with Crippen LogP contribution in [-0.2, 0) is 18.4 Å². The van der Waals surface area contributed by atoms with Crippen LogP contribution in [0.3, 0.4) is 0 Å². The fourth-order valence-electron chi connectivity index (χ4n) is 2.45. The topological polar surface area (TPSA) is 64.6 Å². The van der Waals surface area contributed by atoms with E-state index in [4.69, 9.17) is 8.85 Å². The molecule has 0 aromatic carbocycles. The molecule has 27 heavy (non-hydrogen) atoms. The van der Waals surface area contributed by atoms with Gasteiger partial charge in [-0.1, -0.05) is 41.5 Å². The van der Waals surface area contributed by atoms with Gasteiger partial charge in [0.2, 0.25) is 5.91 Å². The molecule has 5 nitrogen and oxygen atoms in total. The Bertz CT molecular complexity index is 576. The van der Waals surface area contributed by atoms with E-state index in [1.807, 2.05) is 0 Å². The molecule has 0 spiro atoms. The van der Waals surface area contributed by atoms with Crippen molar-refractivity contribution in [2.45, 2.75) is 97.2 Å². The largest absolute Gasteiger partial charge is 0.416 e. The number of amides is 1. The molecule has 1 amide bonds. The van der Waals surface area contributed by atoms with E-state index < -0.39 is 22.0 Å². The zero-order valence-electron chi connectivity index (χ0n) is 19.3. The van der Waals surface area contributed by atoms with Gasteiger partial charge in [-0.15, -0.1) is 0 Å². The number of nitrogens with one attached hydrogen (secondary N) is 1. The molecular formula is C20H41NO4Si2. The summed E-state index contributed by atoms with van der Waals surface area (Å²) in [6.45, 7) is 24.3. The molecule has 1 rings (SSSR count). The van der Waals surface area contributed by atoms with E-state index in [2.05, 4.69) is 73.0 Å².